The van der Waals surface area contributed by atoms with Crippen LogP contribution in [-0.2, 0) is 11.3 Å². The van der Waals surface area contributed by atoms with Crippen LogP contribution in [0.4, 0.5) is 0 Å². The van der Waals surface area contributed by atoms with E-state index in [4.69, 9.17) is 4.74 Å². The molecular weight excluding hydrogens is 314 g/mol. The topological polar surface area (TPSA) is 47.4 Å². The number of ether oxygens (including phenoxy) is 1. The molecule has 3 aromatic rings. The van der Waals surface area contributed by atoms with Gasteiger partial charge in [-0.15, -0.1) is 0 Å². The van der Waals surface area contributed by atoms with Crippen LogP contribution in [0.3, 0.4) is 0 Å². The molecule has 1 fully saturated rings. The summed E-state index contributed by atoms with van der Waals surface area (Å²) in [7, 11) is 0. The Morgan fingerprint density at radius 3 is 2.56 bits per heavy atom. The second kappa shape index (κ2) is 6.59. The molecule has 2 aromatic carbocycles. The number of likely N-dealkylation sites (tertiary alicyclic amines) is 1. The van der Waals surface area contributed by atoms with E-state index in [1.807, 2.05) is 58.9 Å². The molecule has 0 saturated carbocycles. The first-order valence-electron chi connectivity index (χ1n) is 8.66. The highest BCUT2D eigenvalue weighted by Crippen LogP contribution is 2.25. The van der Waals surface area contributed by atoms with Gasteiger partial charge in [0.1, 0.15) is 18.0 Å². The fourth-order valence-corrected chi connectivity index (χ4v) is 3.18. The number of hydrogen-bond donors (Lipinski definition) is 0. The van der Waals surface area contributed by atoms with Gasteiger partial charge in [-0.25, -0.2) is 4.98 Å². The zero-order valence-corrected chi connectivity index (χ0v) is 14.3. The second-order valence-electron chi connectivity index (χ2n) is 6.53. The van der Waals surface area contributed by atoms with E-state index in [1.54, 1.807) is 6.33 Å². The Morgan fingerprint density at radius 1 is 1.08 bits per heavy atom. The highest BCUT2D eigenvalue weighted by atomic mass is 16.5. The van der Waals surface area contributed by atoms with E-state index < -0.39 is 0 Å². The van der Waals surface area contributed by atoms with Crippen molar-refractivity contribution in [1.29, 1.82) is 0 Å². The molecule has 0 radical (unpaired) electrons. The molecule has 0 unspecified atom stereocenters. The number of carbonyl (C=O) groups is 1. The van der Waals surface area contributed by atoms with Gasteiger partial charge in [0.15, 0.2) is 0 Å². The molecule has 1 aliphatic heterocycles. The summed E-state index contributed by atoms with van der Waals surface area (Å²) in [6, 6.07) is 13.7. The number of benzene rings is 2. The van der Waals surface area contributed by atoms with Gasteiger partial charge in [-0.1, -0.05) is 17.7 Å². The second-order valence-corrected chi connectivity index (χ2v) is 6.53. The van der Waals surface area contributed by atoms with Crippen molar-refractivity contribution in [3.63, 3.8) is 0 Å². The van der Waals surface area contributed by atoms with Crippen molar-refractivity contribution >= 4 is 16.9 Å². The summed E-state index contributed by atoms with van der Waals surface area (Å²) in [6.45, 7) is 4.11. The summed E-state index contributed by atoms with van der Waals surface area (Å²) in [4.78, 5) is 18.7. The third-order valence-corrected chi connectivity index (χ3v) is 4.61. The Balaban J connectivity index is 1.56. The molecule has 0 bridgehead atoms. The van der Waals surface area contributed by atoms with E-state index in [0.717, 1.165) is 48.5 Å². The first-order chi connectivity index (χ1) is 12.2. The number of aromatic nitrogens is 2. The van der Waals surface area contributed by atoms with Crippen LogP contribution < -0.4 is 4.74 Å². The van der Waals surface area contributed by atoms with Crippen LogP contribution in [0.1, 0.15) is 18.4 Å². The highest BCUT2D eigenvalue weighted by Gasteiger charge is 2.18. The first kappa shape index (κ1) is 15.7. The van der Waals surface area contributed by atoms with Crippen molar-refractivity contribution in [2.45, 2.75) is 26.3 Å². The predicted octanol–water partition coefficient (Wildman–Crippen LogP) is 3.76. The van der Waals surface area contributed by atoms with Crippen LogP contribution >= 0.6 is 0 Å². The Kier molecular flexibility index (Phi) is 4.14. The zero-order valence-electron chi connectivity index (χ0n) is 14.3. The normalized spacial score (nSPS) is 14.2. The van der Waals surface area contributed by atoms with Gasteiger partial charge in [-0.2, -0.15) is 0 Å². The molecule has 128 valence electrons. The van der Waals surface area contributed by atoms with Crippen molar-refractivity contribution in [3.05, 3.63) is 54.4 Å². The summed E-state index contributed by atoms with van der Waals surface area (Å²) in [5.74, 6) is 1.69. The van der Waals surface area contributed by atoms with E-state index in [1.165, 1.54) is 5.56 Å². The zero-order chi connectivity index (χ0) is 17.2. The van der Waals surface area contributed by atoms with E-state index >= 15 is 0 Å². The molecule has 0 aliphatic carbocycles. The van der Waals surface area contributed by atoms with Gasteiger partial charge in [-0.3, -0.25) is 4.79 Å². The Bertz CT molecular complexity index is 893. The number of rotatable bonds is 4. The lowest BCUT2D eigenvalue weighted by Gasteiger charge is -2.15. The van der Waals surface area contributed by atoms with Crippen LogP contribution in [0, 0.1) is 6.92 Å². The Morgan fingerprint density at radius 2 is 1.80 bits per heavy atom. The lowest BCUT2D eigenvalue weighted by atomic mass is 10.2. The van der Waals surface area contributed by atoms with E-state index in [0.29, 0.717) is 6.54 Å². The molecule has 2 heterocycles. The van der Waals surface area contributed by atoms with Gasteiger partial charge < -0.3 is 14.2 Å². The van der Waals surface area contributed by atoms with E-state index in [2.05, 4.69) is 4.98 Å². The predicted molar refractivity (Wildman–Crippen MR) is 96.8 cm³/mol. The largest absolute Gasteiger partial charge is 0.457 e. The fraction of sp³-hybridized carbons (Fsp3) is 0.300. The monoisotopic (exact) mass is 335 g/mol. The summed E-state index contributed by atoms with van der Waals surface area (Å²) in [5, 5.41) is 0. The van der Waals surface area contributed by atoms with Gasteiger partial charge in [0.05, 0.1) is 17.4 Å². The fourth-order valence-electron chi connectivity index (χ4n) is 3.18. The maximum absolute atomic E-state index is 12.4. The third-order valence-electron chi connectivity index (χ3n) is 4.61. The molecule has 0 spiro atoms. The van der Waals surface area contributed by atoms with Crippen LogP contribution in [0.25, 0.3) is 11.0 Å². The standard InChI is InChI=1S/C20H21N3O2/c1-15-4-6-16(7-5-15)25-17-8-9-18-19(12-17)23(14-21-18)13-20(24)22-10-2-3-11-22/h4-9,12,14H,2-3,10-11,13H2,1H3. The first-order valence-corrected chi connectivity index (χ1v) is 8.66. The van der Waals surface area contributed by atoms with Gasteiger partial charge in [0.2, 0.25) is 5.91 Å². The molecule has 1 amide bonds. The van der Waals surface area contributed by atoms with Gasteiger partial charge in [-0.05, 0) is 44.0 Å². The quantitative estimate of drug-likeness (QED) is 0.729. The molecule has 0 N–H and O–H groups in total. The molecule has 0 atom stereocenters. The summed E-state index contributed by atoms with van der Waals surface area (Å²) >= 11 is 0. The summed E-state index contributed by atoms with van der Waals surface area (Å²) < 4.78 is 7.83. The Hall–Kier alpha value is -2.82. The maximum atomic E-state index is 12.4. The average Bonchev–Trinajstić information content (AvgIpc) is 3.27. The molecular formula is C20H21N3O2. The highest BCUT2D eigenvalue weighted by molar-refractivity contribution is 5.81. The lowest BCUT2D eigenvalue weighted by Crippen LogP contribution is -2.30. The van der Waals surface area contributed by atoms with Crippen LogP contribution in [-0.4, -0.2) is 33.4 Å². The van der Waals surface area contributed by atoms with E-state index in [9.17, 15) is 4.79 Å². The number of hydrogen-bond acceptors (Lipinski definition) is 3. The SMILES string of the molecule is Cc1ccc(Oc2ccc3ncn(CC(=O)N4CCCC4)c3c2)cc1. The minimum Gasteiger partial charge on any atom is -0.457 e. The average molecular weight is 335 g/mol. The van der Waals surface area contributed by atoms with Crippen LogP contribution in [0.2, 0.25) is 0 Å². The number of aryl methyl sites for hydroxylation is 1. The molecule has 5 nitrogen and oxygen atoms in total. The van der Waals surface area contributed by atoms with Crippen molar-refractivity contribution in [1.82, 2.24) is 14.5 Å². The summed E-state index contributed by atoms with van der Waals surface area (Å²) in [6.07, 6.45) is 3.93. The van der Waals surface area contributed by atoms with Gasteiger partial charge in [0.25, 0.3) is 0 Å². The number of fused-ring (bicyclic) bond motifs is 1. The smallest absolute Gasteiger partial charge is 0.242 e. The molecule has 5 heteroatoms. The molecule has 1 saturated heterocycles. The van der Waals surface area contributed by atoms with Crippen LogP contribution in [0.15, 0.2) is 48.8 Å². The molecule has 1 aromatic heterocycles. The molecule has 25 heavy (non-hydrogen) atoms. The van der Waals surface area contributed by atoms with Crippen molar-refractivity contribution < 1.29 is 9.53 Å². The minimum atomic E-state index is 0.154. The molecule has 4 rings (SSSR count). The van der Waals surface area contributed by atoms with Crippen molar-refractivity contribution in [3.8, 4) is 11.5 Å². The van der Waals surface area contributed by atoms with Crippen molar-refractivity contribution in [2.24, 2.45) is 0 Å². The van der Waals surface area contributed by atoms with Crippen LogP contribution in [0.5, 0.6) is 11.5 Å². The number of nitrogens with zero attached hydrogens (tertiary/aromatic N) is 3. The van der Waals surface area contributed by atoms with Gasteiger partial charge in [0, 0.05) is 19.2 Å². The third kappa shape index (κ3) is 3.36. The van der Waals surface area contributed by atoms with Gasteiger partial charge >= 0.3 is 0 Å². The van der Waals surface area contributed by atoms with Crippen molar-refractivity contribution in [2.75, 3.05) is 13.1 Å². The number of imidazole rings is 1. The van der Waals surface area contributed by atoms with E-state index in [-0.39, 0.29) is 5.91 Å². The number of carbonyl (C=O) groups excluding carboxylic acids is 1. The lowest BCUT2D eigenvalue weighted by molar-refractivity contribution is -0.130. The Labute approximate surface area is 146 Å². The minimum absolute atomic E-state index is 0.154. The molecule has 1 aliphatic rings. The summed E-state index contributed by atoms with van der Waals surface area (Å²) in [5.41, 5.74) is 2.98. The number of amides is 1. The maximum Gasteiger partial charge on any atom is 0.242 e.